The van der Waals surface area contributed by atoms with Crippen molar-refractivity contribution in [1.82, 2.24) is 25.8 Å². The third kappa shape index (κ3) is 13.0. The maximum atomic E-state index is 14.1. The number of carbonyl (C=O) groups is 5. The number of carbonyl (C=O) groups excluding carboxylic acids is 5. The second-order valence-electron chi connectivity index (χ2n) is 16.3. The highest BCUT2D eigenvalue weighted by Crippen LogP contribution is 2.28. The van der Waals surface area contributed by atoms with Gasteiger partial charge < -0.3 is 37.2 Å². The van der Waals surface area contributed by atoms with E-state index in [1.165, 1.54) is 5.56 Å². The molecule has 2 saturated heterocycles. The topological polar surface area (TPSA) is 180 Å². The first-order valence-corrected chi connectivity index (χ1v) is 21.1. The molecule has 2 heterocycles. The molecule has 312 valence electrons. The molecule has 0 radical (unpaired) electrons. The van der Waals surface area contributed by atoms with Gasteiger partial charge in [-0.3, -0.25) is 24.0 Å². The van der Waals surface area contributed by atoms with Gasteiger partial charge in [-0.1, -0.05) is 105 Å². The van der Waals surface area contributed by atoms with Gasteiger partial charge in [0, 0.05) is 38.0 Å². The summed E-state index contributed by atoms with van der Waals surface area (Å²) in [6.45, 7) is 6.08. The molecular weight excluding hydrogens is 731 g/mol. The van der Waals surface area contributed by atoms with Gasteiger partial charge >= 0.3 is 0 Å². The summed E-state index contributed by atoms with van der Waals surface area (Å²) in [5.41, 5.74) is 15.0. The quantitative estimate of drug-likeness (QED) is 0.109. The van der Waals surface area contributed by atoms with Gasteiger partial charge in [0.15, 0.2) is 0 Å². The SMILES string of the molecule is CC(C)C[C@@H](NC(=O)[C@@H](Cc1ccccc1)NC(=O)[C@H](N)Cc1ccccc1)C(=O)N[C@H](CCCCN)C(=O)N1CCC(N2CCC(Cc3ccccc3)C2=O)CC1. The van der Waals surface area contributed by atoms with Crippen molar-refractivity contribution >= 4 is 29.5 Å². The summed E-state index contributed by atoms with van der Waals surface area (Å²) in [7, 11) is 0. The molecule has 5 rings (SSSR count). The summed E-state index contributed by atoms with van der Waals surface area (Å²) in [4.78, 5) is 72.9. The number of unbranched alkanes of at least 4 members (excludes halogenated alkanes) is 1. The summed E-state index contributed by atoms with van der Waals surface area (Å²) < 4.78 is 0. The van der Waals surface area contributed by atoms with Crippen molar-refractivity contribution in [3.05, 3.63) is 108 Å². The number of rotatable bonds is 20. The highest BCUT2D eigenvalue weighted by molar-refractivity contribution is 5.95. The minimum atomic E-state index is -1.00. The minimum absolute atomic E-state index is 0.0226. The molecule has 3 aromatic rings. The molecule has 5 amide bonds. The Bertz CT molecular complexity index is 1770. The monoisotopic (exact) mass is 793 g/mol. The van der Waals surface area contributed by atoms with Crippen LogP contribution in [-0.4, -0.2) is 95.7 Å². The Labute approximate surface area is 343 Å². The Morgan fingerprint density at radius 1 is 0.672 bits per heavy atom. The Morgan fingerprint density at radius 2 is 1.21 bits per heavy atom. The lowest BCUT2D eigenvalue weighted by molar-refractivity contribution is -0.140. The van der Waals surface area contributed by atoms with Gasteiger partial charge in [-0.05, 0) is 86.9 Å². The normalized spacial score (nSPS) is 18.0. The molecule has 5 atom stereocenters. The second kappa shape index (κ2) is 22.2. The fourth-order valence-electron chi connectivity index (χ4n) is 8.13. The van der Waals surface area contributed by atoms with Crippen molar-refractivity contribution in [1.29, 1.82) is 0 Å². The predicted octanol–water partition coefficient (Wildman–Crippen LogP) is 3.51. The van der Waals surface area contributed by atoms with Crippen LogP contribution in [0.4, 0.5) is 0 Å². The number of piperidine rings is 1. The Morgan fingerprint density at radius 3 is 1.79 bits per heavy atom. The smallest absolute Gasteiger partial charge is 0.245 e. The van der Waals surface area contributed by atoms with Crippen molar-refractivity contribution < 1.29 is 24.0 Å². The lowest BCUT2D eigenvalue weighted by Gasteiger charge is -2.38. The number of likely N-dealkylation sites (tertiary alicyclic amines) is 2. The largest absolute Gasteiger partial charge is 0.343 e. The van der Waals surface area contributed by atoms with Crippen molar-refractivity contribution in [2.45, 2.75) is 108 Å². The molecule has 2 aliphatic rings. The van der Waals surface area contributed by atoms with Gasteiger partial charge in [-0.2, -0.15) is 0 Å². The van der Waals surface area contributed by atoms with Crippen LogP contribution < -0.4 is 27.4 Å². The highest BCUT2D eigenvalue weighted by Gasteiger charge is 2.39. The van der Waals surface area contributed by atoms with Gasteiger partial charge in [0.1, 0.15) is 18.1 Å². The Balaban J connectivity index is 1.22. The van der Waals surface area contributed by atoms with E-state index in [-0.39, 0.29) is 36.1 Å². The average molecular weight is 794 g/mol. The minimum Gasteiger partial charge on any atom is -0.343 e. The van der Waals surface area contributed by atoms with Crippen LogP contribution in [0.15, 0.2) is 91.0 Å². The molecule has 2 aliphatic heterocycles. The van der Waals surface area contributed by atoms with Crippen LogP contribution in [0.2, 0.25) is 0 Å². The molecule has 3 aromatic carbocycles. The van der Waals surface area contributed by atoms with E-state index >= 15 is 0 Å². The number of benzene rings is 3. The number of nitrogens with zero attached hydrogens (tertiary/aromatic N) is 2. The van der Waals surface area contributed by atoms with E-state index in [0.717, 1.165) is 30.5 Å². The van der Waals surface area contributed by atoms with E-state index in [4.69, 9.17) is 11.5 Å². The standard InChI is InChI=1S/C46H63N7O5/c1-32(2)28-40(51-44(56)41(31-35-18-10-5-11-19-35)50-42(54)38(48)30-34-16-8-4-9-17-34)43(55)49-39(20-12-13-24-47)46(58)52-25-22-37(23-26-52)53-27-21-36(45(53)57)29-33-14-6-3-7-15-33/h3-11,14-19,32,36-41H,12-13,20-31,47-48H2,1-2H3,(H,49,55)(H,50,54)(H,51,56)/t36?,38-,39-,40-,41-/m1/s1. The molecular formula is C46H63N7O5. The third-order valence-corrected chi connectivity index (χ3v) is 11.3. The molecule has 1 unspecified atom stereocenters. The van der Waals surface area contributed by atoms with Crippen LogP contribution in [0.25, 0.3) is 0 Å². The van der Waals surface area contributed by atoms with Gasteiger partial charge in [-0.15, -0.1) is 0 Å². The number of amides is 5. The summed E-state index contributed by atoms with van der Waals surface area (Å²) in [6.07, 6.45) is 5.48. The Hall–Kier alpha value is -5.07. The van der Waals surface area contributed by atoms with Gasteiger partial charge in [-0.25, -0.2) is 0 Å². The lowest BCUT2D eigenvalue weighted by atomic mass is 9.97. The van der Waals surface area contributed by atoms with E-state index in [9.17, 15) is 24.0 Å². The highest BCUT2D eigenvalue weighted by atomic mass is 16.2. The molecule has 0 bridgehead atoms. The van der Waals surface area contributed by atoms with E-state index in [0.29, 0.717) is 64.6 Å². The van der Waals surface area contributed by atoms with E-state index in [1.807, 2.05) is 97.6 Å². The average Bonchev–Trinajstić information content (AvgIpc) is 3.59. The number of nitrogens with one attached hydrogen (secondary N) is 3. The molecule has 58 heavy (non-hydrogen) atoms. The second-order valence-corrected chi connectivity index (χ2v) is 16.3. The molecule has 12 heteroatoms. The molecule has 0 spiro atoms. The predicted molar refractivity (Wildman–Crippen MR) is 226 cm³/mol. The molecule has 12 nitrogen and oxygen atoms in total. The van der Waals surface area contributed by atoms with Gasteiger partial charge in [0.05, 0.1) is 6.04 Å². The van der Waals surface area contributed by atoms with Crippen LogP contribution in [0, 0.1) is 11.8 Å². The van der Waals surface area contributed by atoms with Crippen LogP contribution in [0.1, 0.15) is 75.5 Å². The van der Waals surface area contributed by atoms with Crippen molar-refractivity contribution in [3.8, 4) is 0 Å². The van der Waals surface area contributed by atoms with Crippen LogP contribution in [0.3, 0.4) is 0 Å². The van der Waals surface area contributed by atoms with E-state index in [2.05, 4.69) is 28.1 Å². The van der Waals surface area contributed by atoms with E-state index in [1.54, 1.807) is 4.90 Å². The first-order chi connectivity index (χ1) is 28.0. The number of hydrogen-bond donors (Lipinski definition) is 5. The van der Waals surface area contributed by atoms with Crippen LogP contribution in [-0.2, 0) is 43.2 Å². The fourth-order valence-corrected chi connectivity index (χ4v) is 8.13. The molecule has 0 saturated carbocycles. The van der Waals surface area contributed by atoms with Gasteiger partial charge in [0.2, 0.25) is 29.5 Å². The zero-order chi connectivity index (χ0) is 41.4. The molecule has 2 fully saturated rings. The first-order valence-electron chi connectivity index (χ1n) is 21.1. The summed E-state index contributed by atoms with van der Waals surface area (Å²) >= 11 is 0. The maximum Gasteiger partial charge on any atom is 0.245 e. The zero-order valence-electron chi connectivity index (χ0n) is 34.2. The molecule has 0 aromatic heterocycles. The summed E-state index contributed by atoms with van der Waals surface area (Å²) in [5.74, 6) is -1.41. The molecule has 7 N–H and O–H groups in total. The van der Waals surface area contributed by atoms with E-state index < -0.39 is 41.9 Å². The summed E-state index contributed by atoms with van der Waals surface area (Å²) in [6, 6.07) is 25.3. The number of hydrogen-bond acceptors (Lipinski definition) is 7. The van der Waals surface area contributed by atoms with Gasteiger partial charge in [0.25, 0.3) is 0 Å². The van der Waals surface area contributed by atoms with Crippen molar-refractivity contribution in [3.63, 3.8) is 0 Å². The third-order valence-electron chi connectivity index (χ3n) is 11.3. The van der Waals surface area contributed by atoms with Crippen molar-refractivity contribution in [2.75, 3.05) is 26.2 Å². The zero-order valence-corrected chi connectivity index (χ0v) is 34.2. The maximum absolute atomic E-state index is 14.1. The first kappa shape index (κ1) is 44.0. The van der Waals surface area contributed by atoms with Crippen molar-refractivity contribution in [2.24, 2.45) is 23.3 Å². The lowest BCUT2D eigenvalue weighted by Crippen LogP contribution is -2.59. The summed E-state index contributed by atoms with van der Waals surface area (Å²) in [5, 5.41) is 8.78. The van der Waals surface area contributed by atoms with Crippen LogP contribution in [0.5, 0.6) is 0 Å². The fraction of sp³-hybridized carbons (Fsp3) is 0.500. The number of nitrogens with two attached hydrogens (primary N) is 2. The Kier molecular flexibility index (Phi) is 16.8. The molecule has 0 aliphatic carbocycles. The van der Waals surface area contributed by atoms with Crippen LogP contribution >= 0.6 is 0 Å².